The zero-order valence-electron chi connectivity index (χ0n) is 15.5. The normalized spacial score (nSPS) is 13.5. The van der Waals surface area contributed by atoms with Crippen LogP contribution in [0.25, 0.3) is 0 Å². The second-order valence-electron chi connectivity index (χ2n) is 6.57. The minimum absolute atomic E-state index is 0.127. The lowest BCUT2D eigenvalue weighted by molar-refractivity contribution is -0.116. The van der Waals surface area contributed by atoms with Gasteiger partial charge in [0.1, 0.15) is 0 Å². The molecule has 2 amide bonds. The molecule has 1 aliphatic rings. The summed E-state index contributed by atoms with van der Waals surface area (Å²) in [4.78, 5) is 35.1. The van der Waals surface area contributed by atoms with E-state index in [2.05, 4.69) is 36.5 Å². The van der Waals surface area contributed by atoms with Gasteiger partial charge in [-0.2, -0.15) is 0 Å². The summed E-state index contributed by atoms with van der Waals surface area (Å²) in [6.45, 7) is 3.84. The summed E-state index contributed by atoms with van der Waals surface area (Å²) < 4.78 is 0.883. The second kappa shape index (κ2) is 9.34. The van der Waals surface area contributed by atoms with Crippen molar-refractivity contribution >= 4 is 51.0 Å². The Kier molecular flexibility index (Phi) is 6.85. The number of aromatic nitrogens is 2. The Bertz CT molecular complexity index is 887. The predicted molar refractivity (Wildman–Crippen MR) is 113 cm³/mol. The molecule has 0 atom stereocenters. The maximum Gasteiger partial charge on any atom is 0.271 e. The SMILES string of the molecule is Cc1ccc(Br)cc1NC(=O)CCNC(=O)c1nc(N2CCCC2)ncc1Cl. The third kappa shape index (κ3) is 5.20. The lowest BCUT2D eigenvalue weighted by atomic mass is 10.2. The molecule has 0 spiro atoms. The molecule has 7 nitrogen and oxygen atoms in total. The highest BCUT2D eigenvalue weighted by Crippen LogP contribution is 2.21. The molecule has 0 saturated carbocycles. The molecule has 1 fully saturated rings. The minimum atomic E-state index is -0.417. The highest BCUT2D eigenvalue weighted by molar-refractivity contribution is 9.10. The third-order valence-corrected chi connectivity index (χ3v) is 5.22. The van der Waals surface area contributed by atoms with Crippen LogP contribution in [0.2, 0.25) is 5.02 Å². The zero-order valence-corrected chi connectivity index (χ0v) is 17.8. The van der Waals surface area contributed by atoms with Crippen LogP contribution in [0.4, 0.5) is 11.6 Å². The number of anilines is 2. The lowest BCUT2D eigenvalue weighted by Crippen LogP contribution is -2.29. The van der Waals surface area contributed by atoms with Crippen molar-refractivity contribution in [2.24, 2.45) is 0 Å². The summed E-state index contributed by atoms with van der Waals surface area (Å²) in [7, 11) is 0. The van der Waals surface area contributed by atoms with Crippen molar-refractivity contribution in [3.8, 4) is 0 Å². The number of hydrogen-bond donors (Lipinski definition) is 2. The van der Waals surface area contributed by atoms with Gasteiger partial charge >= 0.3 is 0 Å². The fraction of sp³-hybridized carbons (Fsp3) is 0.368. The van der Waals surface area contributed by atoms with Gasteiger partial charge in [0.25, 0.3) is 5.91 Å². The minimum Gasteiger partial charge on any atom is -0.350 e. The number of aryl methyl sites for hydroxylation is 1. The Hall–Kier alpha value is -2.19. The molecule has 0 aliphatic carbocycles. The van der Waals surface area contributed by atoms with Crippen LogP contribution in [0.15, 0.2) is 28.9 Å². The number of halogens is 2. The molecule has 28 heavy (non-hydrogen) atoms. The van der Waals surface area contributed by atoms with E-state index in [1.54, 1.807) is 0 Å². The van der Waals surface area contributed by atoms with Gasteiger partial charge in [0, 0.05) is 36.2 Å². The zero-order chi connectivity index (χ0) is 20.1. The van der Waals surface area contributed by atoms with Gasteiger partial charge < -0.3 is 15.5 Å². The third-order valence-electron chi connectivity index (χ3n) is 4.45. The topological polar surface area (TPSA) is 87.2 Å². The largest absolute Gasteiger partial charge is 0.350 e. The number of carbonyl (C=O) groups is 2. The number of carbonyl (C=O) groups excluding carboxylic acids is 2. The van der Waals surface area contributed by atoms with Gasteiger partial charge in [-0.25, -0.2) is 9.97 Å². The molecule has 2 aromatic rings. The molecule has 1 aliphatic heterocycles. The average Bonchev–Trinajstić information content (AvgIpc) is 3.19. The van der Waals surface area contributed by atoms with E-state index in [1.165, 1.54) is 6.20 Å². The fourth-order valence-electron chi connectivity index (χ4n) is 2.90. The van der Waals surface area contributed by atoms with Gasteiger partial charge in [-0.3, -0.25) is 9.59 Å². The Morgan fingerprint density at radius 2 is 2.04 bits per heavy atom. The van der Waals surface area contributed by atoms with Gasteiger partial charge in [0.2, 0.25) is 11.9 Å². The van der Waals surface area contributed by atoms with Crippen LogP contribution in [-0.4, -0.2) is 41.4 Å². The van der Waals surface area contributed by atoms with Gasteiger partial charge in [0.15, 0.2) is 5.69 Å². The Balaban J connectivity index is 1.54. The van der Waals surface area contributed by atoms with Gasteiger partial charge in [0.05, 0.1) is 11.2 Å². The first-order chi connectivity index (χ1) is 13.4. The van der Waals surface area contributed by atoms with E-state index in [0.29, 0.717) is 5.95 Å². The maximum atomic E-state index is 12.4. The molecule has 0 radical (unpaired) electrons. The van der Waals surface area contributed by atoms with E-state index in [9.17, 15) is 9.59 Å². The van der Waals surface area contributed by atoms with Gasteiger partial charge in [-0.05, 0) is 37.5 Å². The van der Waals surface area contributed by atoms with Crippen molar-refractivity contribution in [1.29, 1.82) is 0 Å². The Labute approximate surface area is 177 Å². The van der Waals surface area contributed by atoms with Crippen molar-refractivity contribution in [2.75, 3.05) is 29.9 Å². The smallest absolute Gasteiger partial charge is 0.271 e. The van der Waals surface area contributed by atoms with Crippen LogP contribution >= 0.6 is 27.5 Å². The van der Waals surface area contributed by atoms with Gasteiger partial charge in [-0.15, -0.1) is 0 Å². The Morgan fingerprint density at radius 1 is 1.29 bits per heavy atom. The number of hydrogen-bond acceptors (Lipinski definition) is 5. The number of benzene rings is 1. The summed E-state index contributed by atoms with van der Waals surface area (Å²) in [5, 5.41) is 5.73. The summed E-state index contributed by atoms with van der Waals surface area (Å²) in [6.07, 6.45) is 3.75. The van der Waals surface area contributed by atoms with Crippen LogP contribution in [0.5, 0.6) is 0 Å². The highest BCUT2D eigenvalue weighted by Gasteiger charge is 2.19. The Morgan fingerprint density at radius 3 is 2.79 bits per heavy atom. The quantitative estimate of drug-likeness (QED) is 0.680. The molecule has 2 N–H and O–H groups in total. The summed E-state index contributed by atoms with van der Waals surface area (Å²) >= 11 is 9.48. The lowest BCUT2D eigenvalue weighted by Gasteiger charge is -2.16. The van der Waals surface area contributed by atoms with E-state index in [-0.39, 0.29) is 29.6 Å². The van der Waals surface area contributed by atoms with Crippen LogP contribution in [0.3, 0.4) is 0 Å². The predicted octanol–water partition coefficient (Wildman–Crippen LogP) is 3.56. The number of nitrogens with zero attached hydrogens (tertiary/aromatic N) is 3. The molecule has 3 rings (SSSR count). The molecule has 148 valence electrons. The maximum absolute atomic E-state index is 12.4. The van der Waals surface area contributed by atoms with E-state index in [4.69, 9.17) is 11.6 Å². The molecule has 9 heteroatoms. The average molecular weight is 467 g/mol. The molecular formula is C19H21BrClN5O2. The first-order valence-corrected chi connectivity index (χ1v) is 10.2. The van der Waals surface area contributed by atoms with Crippen molar-refractivity contribution in [3.63, 3.8) is 0 Å². The fourth-order valence-corrected chi connectivity index (χ4v) is 3.44. The summed E-state index contributed by atoms with van der Waals surface area (Å²) in [5.74, 6) is -0.0951. The van der Waals surface area contributed by atoms with Crippen LogP contribution in [0.1, 0.15) is 35.3 Å². The first kappa shape index (κ1) is 20.5. The first-order valence-electron chi connectivity index (χ1n) is 9.06. The molecule has 0 bridgehead atoms. The van der Waals surface area contributed by atoms with E-state index in [0.717, 1.165) is 41.7 Å². The molecule has 1 saturated heterocycles. The monoisotopic (exact) mass is 465 g/mol. The highest BCUT2D eigenvalue weighted by atomic mass is 79.9. The molecule has 1 aromatic heterocycles. The van der Waals surface area contributed by atoms with Crippen molar-refractivity contribution in [3.05, 3.63) is 45.1 Å². The van der Waals surface area contributed by atoms with Crippen molar-refractivity contribution < 1.29 is 9.59 Å². The number of amides is 2. The summed E-state index contributed by atoms with van der Waals surface area (Å²) in [5.41, 5.74) is 1.82. The van der Waals surface area contributed by atoms with E-state index < -0.39 is 5.91 Å². The second-order valence-corrected chi connectivity index (χ2v) is 7.90. The van der Waals surface area contributed by atoms with Crippen molar-refractivity contribution in [1.82, 2.24) is 15.3 Å². The van der Waals surface area contributed by atoms with E-state index in [1.807, 2.05) is 30.0 Å². The van der Waals surface area contributed by atoms with E-state index >= 15 is 0 Å². The molecule has 2 heterocycles. The molecule has 1 aromatic carbocycles. The van der Waals surface area contributed by atoms with Crippen molar-refractivity contribution in [2.45, 2.75) is 26.2 Å². The number of nitrogens with one attached hydrogen (secondary N) is 2. The van der Waals surface area contributed by atoms with Crippen LogP contribution in [0, 0.1) is 6.92 Å². The molecular weight excluding hydrogens is 446 g/mol. The standard InChI is InChI=1S/C19H21BrClN5O2/c1-12-4-5-13(20)10-15(12)24-16(27)6-7-22-18(28)17-14(21)11-23-19(25-17)26-8-2-3-9-26/h4-5,10-11H,2-3,6-9H2,1H3,(H,22,28)(H,24,27). The number of rotatable bonds is 6. The summed E-state index contributed by atoms with van der Waals surface area (Å²) in [6, 6.07) is 5.66. The van der Waals surface area contributed by atoms with Crippen LogP contribution in [-0.2, 0) is 4.79 Å². The molecule has 0 unspecified atom stereocenters. The van der Waals surface area contributed by atoms with Crippen LogP contribution < -0.4 is 15.5 Å². The van der Waals surface area contributed by atoms with Gasteiger partial charge in [-0.1, -0.05) is 33.6 Å².